The number of hydrogen-bond donors (Lipinski definition) is 2. The molecule has 1 fully saturated rings. The standard InChI is InChI=1S/C13H17NO5S/c1-9-2-5-11(8-12(9)13(16)17)20(18,19)14(6-7-15)10-3-4-10/h2,5,8,10,15H,3-4,6-7H2,1H3,(H,16,17). The molecule has 7 heteroatoms. The molecule has 0 aliphatic heterocycles. The molecule has 0 bridgehead atoms. The molecule has 20 heavy (non-hydrogen) atoms. The molecule has 0 heterocycles. The Hall–Kier alpha value is -1.44. The second kappa shape index (κ2) is 5.51. The monoisotopic (exact) mass is 299 g/mol. The lowest BCUT2D eigenvalue weighted by Gasteiger charge is -2.21. The van der Waals surface area contributed by atoms with Crippen molar-refractivity contribution in [2.45, 2.75) is 30.7 Å². The molecular formula is C13H17NO5S. The number of carbonyl (C=O) groups is 1. The van der Waals surface area contributed by atoms with Crippen LogP contribution in [0.3, 0.4) is 0 Å². The van der Waals surface area contributed by atoms with Crippen molar-refractivity contribution >= 4 is 16.0 Å². The molecule has 0 saturated heterocycles. The maximum atomic E-state index is 12.5. The molecule has 1 aliphatic rings. The van der Waals surface area contributed by atoms with Crippen LogP contribution in [0.25, 0.3) is 0 Å². The van der Waals surface area contributed by atoms with Gasteiger partial charge in [0.1, 0.15) is 0 Å². The van der Waals surface area contributed by atoms with Crippen molar-refractivity contribution < 1.29 is 23.4 Å². The van der Waals surface area contributed by atoms with Crippen molar-refractivity contribution in [1.29, 1.82) is 0 Å². The van der Waals surface area contributed by atoms with E-state index in [4.69, 9.17) is 10.2 Å². The minimum atomic E-state index is -3.76. The van der Waals surface area contributed by atoms with Crippen LogP contribution in [0, 0.1) is 6.92 Å². The van der Waals surface area contributed by atoms with Crippen LogP contribution in [0.15, 0.2) is 23.1 Å². The molecule has 1 aromatic rings. The Bertz CT molecular complexity index is 622. The van der Waals surface area contributed by atoms with Gasteiger partial charge in [-0.3, -0.25) is 0 Å². The number of carboxylic acid groups (broad SMARTS) is 1. The van der Waals surface area contributed by atoms with Crippen LogP contribution in [0.2, 0.25) is 0 Å². The molecule has 0 unspecified atom stereocenters. The van der Waals surface area contributed by atoms with E-state index in [-0.39, 0.29) is 29.7 Å². The first kappa shape index (κ1) is 15.0. The molecule has 0 radical (unpaired) electrons. The zero-order valence-electron chi connectivity index (χ0n) is 11.1. The lowest BCUT2D eigenvalue weighted by atomic mass is 10.1. The minimum Gasteiger partial charge on any atom is -0.478 e. The van der Waals surface area contributed by atoms with Crippen LogP contribution in [-0.2, 0) is 10.0 Å². The SMILES string of the molecule is Cc1ccc(S(=O)(=O)N(CCO)C2CC2)cc1C(=O)O. The van der Waals surface area contributed by atoms with E-state index in [1.54, 1.807) is 6.92 Å². The van der Waals surface area contributed by atoms with Gasteiger partial charge in [-0.25, -0.2) is 13.2 Å². The van der Waals surface area contributed by atoms with Crippen molar-refractivity contribution in [1.82, 2.24) is 4.31 Å². The summed E-state index contributed by atoms with van der Waals surface area (Å²) >= 11 is 0. The third kappa shape index (κ3) is 2.84. The first-order chi connectivity index (χ1) is 9.37. The van der Waals surface area contributed by atoms with Crippen LogP contribution in [0.1, 0.15) is 28.8 Å². The minimum absolute atomic E-state index is 0.0224. The Morgan fingerprint density at radius 3 is 2.55 bits per heavy atom. The van der Waals surface area contributed by atoms with Gasteiger partial charge in [0.15, 0.2) is 0 Å². The molecule has 2 rings (SSSR count). The molecule has 0 aromatic heterocycles. The second-order valence-corrected chi connectivity index (χ2v) is 6.74. The van der Waals surface area contributed by atoms with Gasteiger partial charge in [-0.2, -0.15) is 4.31 Å². The quantitative estimate of drug-likeness (QED) is 0.811. The highest BCUT2D eigenvalue weighted by Gasteiger charge is 2.37. The summed E-state index contributed by atoms with van der Waals surface area (Å²) in [5, 5.41) is 18.1. The molecular weight excluding hydrogens is 282 g/mol. The molecule has 6 nitrogen and oxygen atoms in total. The Labute approximate surface area is 117 Å². The van der Waals surface area contributed by atoms with Crippen molar-refractivity contribution in [3.8, 4) is 0 Å². The lowest BCUT2D eigenvalue weighted by molar-refractivity contribution is 0.0696. The van der Waals surface area contributed by atoms with Crippen LogP contribution in [0.5, 0.6) is 0 Å². The topological polar surface area (TPSA) is 94.9 Å². The number of aryl methyl sites for hydroxylation is 1. The third-order valence-electron chi connectivity index (χ3n) is 3.32. The van der Waals surface area contributed by atoms with Crippen LogP contribution < -0.4 is 0 Å². The summed E-state index contributed by atoms with van der Waals surface area (Å²) in [6, 6.07) is 3.99. The number of sulfonamides is 1. The van der Waals surface area contributed by atoms with E-state index < -0.39 is 16.0 Å². The van der Waals surface area contributed by atoms with Crippen molar-refractivity contribution in [3.05, 3.63) is 29.3 Å². The number of aromatic carboxylic acids is 1. The fraction of sp³-hybridized carbons (Fsp3) is 0.462. The normalized spacial score (nSPS) is 15.6. The number of benzene rings is 1. The number of nitrogens with zero attached hydrogens (tertiary/aromatic N) is 1. The summed E-state index contributed by atoms with van der Waals surface area (Å²) in [5.41, 5.74) is 0.488. The van der Waals surface area contributed by atoms with Crippen molar-refractivity contribution in [2.24, 2.45) is 0 Å². The molecule has 1 aliphatic carbocycles. The van der Waals surface area contributed by atoms with E-state index in [0.29, 0.717) is 5.56 Å². The predicted molar refractivity (Wildman–Crippen MR) is 72.1 cm³/mol. The lowest BCUT2D eigenvalue weighted by Crippen LogP contribution is -2.35. The molecule has 110 valence electrons. The van der Waals surface area contributed by atoms with Crippen LogP contribution >= 0.6 is 0 Å². The summed E-state index contributed by atoms with van der Waals surface area (Å²) < 4.78 is 26.3. The first-order valence-corrected chi connectivity index (χ1v) is 7.78. The Morgan fingerprint density at radius 1 is 1.40 bits per heavy atom. The van der Waals surface area contributed by atoms with E-state index in [9.17, 15) is 13.2 Å². The summed E-state index contributed by atoms with van der Waals surface area (Å²) in [4.78, 5) is 11.1. The van der Waals surface area contributed by atoms with Gasteiger partial charge in [0.2, 0.25) is 10.0 Å². The van der Waals surface area contributed by atoms with Crippen LogP contribution in [-0.4, -0.2) is 48.1 Å². The first-order valence-electron chi connectivity index (χ1n) is 6.34. The van der Waals surface area contributed by atoms with Gasteiger partial charge in [0, 0.05) is 12.6 Å². The Balaban J connectivity index is 2.42. The summed E-state index contributed by atoms with van der Waals surface area (Å²) in [6.45, 7) is 1.39. The molecule has 2 N–H and O–H groups in total. The molecule has 0 atom stereocenters. The molecule has 0 amide bonds. The van der Waals surface area contributed by atoms with Gasteiger partial charge in [-0.05, 0) is 37.5 Å². The number of hydrogen-bond acceptors (Lipinski definition) is 4. The van der Waals surface area contributed by atoms with E-state index in [1.807, 2.05) is 0 Å². The predicted octanol–water partition coefficient (Wildman–Crippen LogP) is 0.839. The van der Waals surface area contributed by atoms with E-state index in [2.05, 4.69) is 0 Å². The van der Waals surface area contributed by atoms with E-state index in [0.717, 1.165) is 12.8 Å². The third-order valence-corrected chi connectivity index (χ3v) is 5.27. The summed E-state index contributed by atoms with van der Waals surface area (Å²) in [7, 11) is -3.76. The average molecular weight is 299 g/mol. The van der Waals surface area contributed by atoms with E-state index >= 15 is 0 Å². The fourth-order valence-corrected chi connectivity index (χ4v) is 3.79. The van der Waals surface area contributed by atoms with Gasteiger partial charge >= 0.3 is 5.97 Å². The maximum absolute atomic E-state index is 12.5. The van der Waals surface area contributed by atoms with Gasteiger partial charge in [-0.1, -0.05) is 6.07 Å². The van der Waals surface area contributed by atoms with Gasteiger partial charge in [0.25, 0.3) is 0 Å². The molecule has 1 saturated carbocycles. The molecule has 1 aromatic carbocycles. The summed E-state index contributed by atoms with van der Waals surface area (Å²) in [6.07, 6.45) is 1.55. The van der Waals surface area contributed by atoms with Crippen LogP contribution in [0.4, 0.5) is 0 Å². The highest BCUT2D eigenvalue weighted by molar-refractivity contribution is 7.89. The highest BCUT2D eigenvalue weighted by Crippen LogP contribution is 2.32. The number of aliphatic hydroxyl groups excluding tert-OH is 1. The number of carboxylic acids is 1. The zero-order valence-corrected chi connectivity index (χ0v) is 11.9. The number of aliphatic hydroxyl groups is 1. The molecule has 0 spiro atoms. The highest BCUT2D eigenvalue weighted by atomic mass is 32.2. The maximum Gasteiger partial charge on any atom is 0.335 e. The van der Waals surface area contributed by atoms with Gasteiger partial charge in [-0.15, -0.1) is 0 Å². The van der Waals surface area contributed by atoms with Gasteiger partial charge < -0.3 is 10.2 Å². The summed E-state index contributed by atoms with van der Waals surface area (Å²) in [5.74, 6) is -1.15. The smallest absolute Gasteiger partial charge is 0.335 e. The second-order valence-electron chi connectivity index (χ2n) is 4.85. The Kier molecular flexibility index (Phi) is 4.12. The number of rotatable bonds is 6. The van der Waals surface area contributed by atoms with Crippen molar-refractivity contribution in [2.75, 3.05) is 13.2 Å². The Morgan fingerprint density at radius 2 is 2.05 bits per heavy atom. The largest absolute Gasteiger partial charge is 0.478 e. The van der Waals surface area contributed by atoms with Gasteiger partial charge in [0.05, 0.1) is 17.1 Å². The van der Waals surface area contributed by atoms with Crippen molar-refractivity contribution in [3.63, 3.8) is 0 Å². The fourth-order valence-electron chi connectivity index (χ4n) is 2.09. The zero-order chi connectivity index (χ0) is 14.9. The average Bonchev–Trinajstić information content (AvgIpc) is 3.19. The van der Waals surface area contributed by atoms with E-state index in [1.165, 1.54) is 22.5 Å².